The number of aromatic nitrogens is 3. The molecule has 13 heavy (non-hydrogen) atoms. The van der Waals surface area contributed by atoms with Crippen LogP contribution in [0.4, 0.5) is 0 Å². The summed E-state index contributed by atoms with van der Waals surface area (Å²) in [5.41, 5.74) is 4.37. The third kappa shape index (κ3) is 0.950. The van der Waals surface area contributed by atoms with Crippen molar-refractivity contribution in [2.45, 2.75) is 32.1 Å². The molecule has 2 aromatic rings. The van der Waals surface area contributed by atoms with Gasteiger partial charge < -0.3 is 0 Å². The van der Waals surface area contributed by atoms with Crippen molar-refractivity contribution in [2.75, 3.05) is 0 Å². The zero-order chi connectivity index (χ0) is 8.84. The van der Waals surface area contributed by atoms with E-state index >= 15 is 0 Å². The molecule has 0 aliphatic heterocycles. The number of imidazole rings is 1. The smallest absolute Gasteiger partial charge is 0.212 e. The third-order valence-corrected chi connectivity index (χ3v) is 3.57. The lowest BCUT2D eigenvalue weighted by atomic mass is 9.82. The highest BCUT2D eigenvalue weighted by atomic mass is 32.1. The van der Waals surface area contributed by atoms with Gasteiger partial charge in [-0.25, -0.2) is 9.50 Å². The fourth-order valence-electron chi connectivity index (χ4n) is 1.88. The molecule has 0 atom stereocenters. The van der Waals surface area contributed by atoms with Gasteiger partial charge in [0.05, 0.1) is 11.4 Å². The molecule has 1 fully saturated rings. The van der Waals surface area contributed by atoms with Gasteiger partial charge in [0.1, 0.15) is 5.51 Å². The van der Waals surface area contributed by atoms with Crippen LogP contribution in [0, 0.1) is 6.92 Å². The van der Waals surface area contributed by atoms with E-state index in [1.807, 2.05) is 10.0 Å². The molecule has 68 valence electrons. The summed E-state index contributed by atoms with van der Waals surface area (Å²) in [4.78, 5) is 5.65. The number of aryl methyl sites for hydroxylation is 1. The molecule has 0 saturated heterocycles. The van der Waals surface area contributed by atoms with E-state index < -0.39 is 0 Å². The first-order valence-electron chi connectivity index (χ1n) is 4.65. The van der Waals surface area contributed by atoms with Crippen molar-refractivity contribution in [3.8, 4) is 0 Å². The van der Waals surface area contributed by atoms with Crippen LogP contribution < -0.4 is 0 Å². The summed E-state index contributed by atoms with van der Waals surface area (Å²) in [5.74, 6) is 0.717. The average molecular weight is 193 g/mol. The summed E-state index contributed by atoms with van der Waals surface area (Å²) in [5, 5.41) is 4.25. The standard InChI is InChI=1S/C9H11N3S/c1-6-8(7-3-2-4-7)11-9-12(6)10-5-13-9/h5,7H,2-4H2,1H3. The molecule has 1 saturated carbocycles. The lowest BCUT2D eigenvalue weighted by Crippen LogP contribution is -2.10. The van der Waals surface area contributed by atoms with Gasteiger partial charge in [-0.05, 0) is 19.8 Å². The predicted molar refractivity (Wildman–Crippen MR) is 52.2 cm³/mol. The molecule has 3 rings (SSSR count). The topological polar surface area (TPSA) is 30.2 Å². The molecule has 2 heterocycles. The zero-order valence-electron chi connectivity index (χ0n) is 7.53. The van der Waals surface area contributed by atoms with E-state index in [0.29, 0.717) is 5.92 Å². The number of hydrogen-bond acceptors (Lipinski definition) is 3. The van der Waals surface area contributed by atoms with E-state index in [-0.39, 0.29) is 0 Å². The van der Waals surface area contributed by atoms with E-state index in [2.05, 4.69) is 17.0 Å². The first-order chi connectivity index (χ1) is 6.36. The summed E-state index contributed by atoms with van der Waals surface area (Å²) >= 11 is 1.62. The molecule has 0 amide bonds. The van der Waals surface area contributed by atoms with Crippen LogP contribution in [0.2, 0.25) is 0 Å². The summed E-state index contributed by atoms with van der Waals surface area (Å²) < 4.78 is 1.96. The van der Waals surface area contributed by atoms with Gasteiger partial charge in [-0.15, -0.1) is 0 Å². The van der Waals surface area contributed by atoms with Gasteiger partial charge in [0.2, 0.25) is 4.96 Å². The van der Waals surface area contributed by atoms with Crippen LogP contribution in [0.25, 0.3) is 4.96 Å². The van der Waals surface area contributed by atoms with Gasteiger partial charge in [0, 0.05) is 5.92 Å². The van der Waals surface area contributed by atoms with Crippen LogP contribution in [0.3, 0.4) is 0 Å². The summed E-state index contributed by atoms with van der Waals surface area (Å²) in [6, 6.07) is 0. The normalized spacial score (nSPS) is 17.9. The molecule has 1 aliphatic carbocycles. The fraction of sp³-hybridized carbons (Fsp3) is 0.556. The molecular weight excluding hydrogens is 182 g/mol. The van der Waals surface area contributed by atoms with Crippen LogP contribution in [0.5, 0.6) is 0 Å². The van der Waals surface area contributed by atoms with Crippen molar-refractivity contribution in [3.63, 3.8) is 0 Å². The maximum absolute atomic E-state index is 4.61. The first kappa shape index (κ1) is 7.50. The van der Waals surface area contributed by atoms with Crippen LogP contribution in [-0.4, -0.2) is 14.6 Å². The maximum Gasteiger partial charge on any atom is 0.212 e. The molecule has 3 nitrogen and oxygen atoms in total. The molecule has 0 unspecified atom stereocenters. The molecule has 2 aromatic heterocycles. The van der Waals surface area contributed by atoms with E-state index in [4.69, 9.17) is 0 Å². The number of nitrogens with zero attached hydrogens (tertiary/aromatic N) is 3. The Bertz CT molecular complexity index is 439. The Kier molecular flexibility index (Phi) is 1.47. The maximum atomic E-state index is 4.61. The van der Waals surface area contributed by atoms with Gasteiger partial charge in [0.25, 0.3) is 0 Å². The monoisotopic (exact) mass is 193 g/mol. The van der Waals surface area contributed by atoms with Gasteiger partial charge in [0.15, 0.2) is 0 Å². The Labute approximate surface area is 80.4 Å². The van der Waals surface area contributed by atoms with Gasteiger partial charge in [-0.3, -0.25) is 0 Å². The lowest BCUT2D eigenvalue weighted by molar-refractivity contribution is 0.410. The second-order valence-electron chi connectivity index (χ2n) is 3.64. The second kappa shape index (κ2) is 2.54. The minimum atomic E-state index is 0.717. The van der Waals surface area contributed by atoms with E-state index in [9.17, 15) is 0 Å². The number of hydrogen-bond donors (Lipinski definition) is 0. The predicted octanol–water partition coefficient (Wildman–Crippen LogP) is 2.37. The number of rotatable bonds is 1. The Morgan fingerprint density at radius 2 is 2.38 bits per heavy atom. The van der Waals surface area contributed by atoms with Crippen LogP contribution in [0.15, 0.2) is 5.51 Å². The Hall–Kier alpha value is -0.900. The minimum absolute atomic E-state index is 0.717. The fourth-order valence-corrected chi connectivity index (χ4v) is 2.55. The summed E-state index contributed by atoms with van der Waals surface area (Å²) in [6.45, 7) is 2.12. The Morgan fingerprint density at radius 1 is 1.54 bits per heavy atom. The second-order valence-corrected chi connectivity index (χ2v) is 4.46. The molecule has 0 radical (unpaired) electrons. The van der Waals surface area contributed by atoms with Crippen molar-refractivity contribution >= 4 is 16.3 Å². The van der Waals surface area contributed by atoms with Gasteiger partial charge in [-0.1, -0.05) is 17.8 Å². The van der Waals surface area contributed by atoms with Gasteiger partial charge >= 0.3 is 0 Å². The average Bonchev–Trinajstić information content (AvgIpc) is 2.54. The van der Waals surface area contributed by atoms with Crippen molar-refractivity contribution in [1.29, 1.82) is 0 Å². The molecule has 1 aliphatic rings. The SMILES string of the molecule is Cc1c(C2CCC2)nc2scnn12. The molecule has 0 N–H and O–H groups in total. The zero-order valence-corrected chi connectivity index (χ0v) is 8.34. The lowest BCUT2D eigenvalue weighted by Gasteiger charge is -2.23. The van der Waals surface area contributed by atoms with E-state index in [1.165, 1.54) is 30.7 Å². The summed E-state index contributed by atoms with van der Waals surface area (Å²) in [7, 11) is 0. The van der Waals surface area contributed by atoms with Crippen molar-refractivity contribution in [2.24, 2.45) is 0 Å². The molecular formula is C9H11N3S. The van der Waals surface area contributed by atoms with Crippen molar-refractivity contribution in [1.82, 2.24) is 14.6 Å². The largest absolute Gasteiger partial charge is 0.222 e. The highest BCUT2D eigenvalue weighted by molar-refractivity contribution is 7.14. The number of fused-ring (bicyclic) bond motifs is 1. The van der Waals surface area contributed by atoms with Gasteiger partial charge in [-0.2, -0.15) is 5.10 Å². The first-order valence-corrected chi connectivity index (χ1v) is 5.53. The van der Waals surface area contributed by atoms with Crippen LogP contribution >= 0.6 is 11.3 Å². The Morgan fingerprint density at radius 3 is 3.00 bits per heavy atom. The van der Waals surface area contributed by atoms with Crippen molar-refractivity contribution in [3.05, 3.63) is 16.9 Å². The molecule has 0 aromatic carbocycles. The minimum Gasteiger partial charge on any atom is -0.222 e. The van der Waals surface area contributed by atoms with Crippen LogP contribution in [-0.2, 0) is 0 Å². The van der Waals surface area contributed by atoms with Crippen molar-refractivity contribution < 1.29 is 0 Å². The molecule has 0 bridgehead atoms. The van der Waals surface area contributed by atoms with E-state index in [0.717, 1.165) is 4.96 Å². The summed E-state index contributed by atoms with van der Waals surface area (Å²) in [6.07, 6.45) is 3.99. The Balaban J connectivity index is 2.17. The molecule has 4 heteroatoms. The quantitative estimate of drug-likeness (QED) is 0.696. The molecule has 0 spiro atoms. The van der Waals surface area contributed by atoms with Crippen LogP contribution in [0.1, 0.15) is 36.6 Å². The van der Waals surface area contributed by atoms with E-state index in [1.54, 1.807) is 11.3 Å². The third-order valence-electron chi connectivity index (χ3n) is 2.90. The highest BCUT2D eigenvalue weighted by Crippen LogP contribution is 2.37. The highest BCUT2D eigenvalue weighted by Gasteiger charge is 2.25.